The van der Waals surface area contributed by atoms with Gasteiger partial charge in [0.25, 0.3) is 0 Å². The molecule has 0 bridgehead atoms. The lowest BCUT2D eigenvalue weighted by molar-refractivity contribution is -0.161. The van der Waals surface area contributed by atoms with Crippen LogP contribution in [0.25, 0.3) is 10.8 Å². The second-order valence-electron chi connectivity index (χ2n) is 15.3. The predicted octanol–water partition coefficient (Wildman–Crippen LogP) is -0.384. The zero-order chi connectivity index (χ0) is 40.2. The third-order valence-corrected chi connectivity index (χ3v) is 11.1. The van der Waals surface area contributed by atoms with Gasteiger partial charge in [-0.2, -0.15) is 0 Å². The fourth-order valence-electron chi connectivity index (χ4n) is 7.96. The Bertz CT molecular complexity index is 1690. The van der Waals surface area contributed by atoms with Gasteiger partial charge in [-0.1, -0.05) is 42.5 Å². The summed E-state index contributed by atoms with van der Waals surface area (Å²) in [7, 11) is 0. The molecule has 2 aromatic rings. The molecule has 0 unspecified atom stereocenters. The Kier molecular flexibility index (Phi) is 15.1. The Morgan fingerprint density at radius 3 is 1.71 bits per heavy atom. The van der Waals surface area contributed by atoms with Crippen molar-refractivity contribution in [1.29, 1.82) is 0 Å². The second kappa shape index (κ2) is 20.0. The number of hydrogen-bond donors (Lipinski definition) is 5. The average Bonchev–Trinajstić information content (AvgIpc) is 3.15. The van der Waals surface area contributed by atoms with Crippen LogP contribution < -0.4 is 11.1 Å². The molecule has 17 nitrogen and oxygen atoms in total. The minimum atomic E-state index is -1.03. The van der Waals surface area contributed by atoms with Crippen LogP contribution in [0.15, 0.2) is 42.5 Å². The summed E-state index contributed by atoms with van der Waals surface area (Å²) in [6, 6.07) is 13.0. The SMILES string of the molecule is NC(=O)[C@H](Cc1ccc2ccccc2c1)NC(=O)C1CCC2(CC1)CN(C(=O)CN1CCN(CC(=O)O)CCN(CC(=O)O)CCN(CC(=O)O)CC1)CCO2. The number of nitrogens with one attached hydrogen (secondary N) is 1. The van der Waals surface area contributed by atoms with Crippen molar-refractivity contribution in [3.63, 3.8) is 0 Å². The zero-order valence-electron chi connectivity index (χ0n) is 31.9. The van der Waals surface area contributed by atoms with Crippen molar-refractivity contribution in [3.05, 3.63) is 48.0 Å². The van der Waals surface area contributed by atoms with E-state index in [0.717, 1.165) is 16.3 Å². The quantitative estimate of drug-likeness (QED) is 0.175. The van der Waals surface area contributed by atoms with E-state index in [9.17, 15) is 44.1 Å². The van der Waals surface area contributed by atoms with Gasteiger partial charge in [0, 0.05) is 77.8 Å². The van der Waals surface area contributed by atoms with Crippen LogP contribution >= 0.6 is 0 Å². The number of morpholine rings is 1. The van der Waals surface area contributed by atoms with E-state index in [-0.39, 0.29) is 63.4 Å². The van der Waals surface area contributed by atoms with Crippen molar-refractivity contribution in [2.75, 3.05) is 98.2 Å². The van der Waals surface area contributed by atoms with Gasteiger partial charge in [-0.15, -0.1) is 0 Å². The van der Waals surface area contributed by atoms with Gasteiger partial charge in [0.2, 0.25) is 17.7 Å². The van der Waals surface area contributed by atoms with Gasteiger partial charge in [0.1, 0.15) is 6.04 Å². The molecule has 1 saturated carbocycles. The summed E-state index contributed by atoms with van der Waals surface area (Å²) >= 11 is 0. The number of carboxylic acids is 3. The third-order valence-electron chi connectivity index (χ3n) is 11.1. The number of fused-ring (bicyclic) bond motifs is 1. The van der Waals surface area contributed by atoms with Crippen molar-refractivity contribution in [3.8, 4) is 0 Å². The van der Waals surface area contributed by atoms with Crippen LogP contribution in [0.1, 0.15) is 31.2 Å². The van der Waals surface area contributed by atoms with Gasteiger partial charge in [-0.05, 0) is 42.0 Å². The van der Waals surface area contributed by atoms with Crippen molar-refractivity contribution in [2.45, 2.75) is 43.7 Å². The molecule has 2 aliphatic heterocycles. The van der Waals surface area contributed by atoms with Crippen LogP contribution in [-0.2, 0) is 39.9 Å². The van der Waals surface area contributed by atoms with Crippen LogP contribution in [0.4, 0.5) is 0 Å². The fourth-order valence-corrected chi connectivity index (χ4v) is 7.96. The molecule has 1 aliphatic carbocycles. The van der Waals surface area contributed by atoms with Gasteiger partial charge in [0.15, 0.2) is 0 Å². The number of ether oxygens (including phenoxy) is 1. The maximum absolute atomic E-state index is 13.9. The van der Waals surface area contributed by atoms with Gasteiger partial charge >= 0.3 is 17.9 Å². The Balaban J connectivity index is 1.17. The summed E-state index contributed by atoms with van der Waals surface area (Å²) in [6.07, 6.45) is 2.42. The van der Waals surface area contributed by atoms with Crippen LogP contribution in [0.5, 0.6) is 0 Å². The number of nitrogens with two attached hydrogens (primary N) is 1. The van der Waals surface area contributed by atoms with Crippen LogP contribution in [0, 0.1) is 5.92 Å². The van der Waals surface area contributed by atoms with Crippen molar-refractivity contribution in [1.82, 2.24) is 29.8 Å². The van der Waals surface area contributed by atoms with Gasteiger partial charge in [-0.3, -0.25) is 48.4 Å². The van der Waals surface area contributed by atoms with E-state index in [1.165, 1.54) is 0 Å². The van der Waals surface area contributed by atoms with E-state index in [2.05, 4.69) is 5.32 Å². The average molecular weight is 782 g/mol. The molecule has 2 saturated heterocycles. The number of amides is 3. The molecule has 2 aromatic carbocycles. The molecule has 0 radical (unpaired) electrons. The highest BCUT2D eigenvalue weighted by Crippen LogP contribution is 2.37. The van der Waals surface area contributed by atoms with Crippen molar-refractivity contribution < 1.29 is 48.8 Å². The number of primary amides is 1. The Hall–Kier alpha value is -4.68. The molecular weight excluding hydrogens is 726 g/mol. The summed E-state index contributed by atoms with van der Waals surface area (Å²) < 4.78 is 6.29. The first-order valence-electron chi connectivity index (χ1n) is 19.3. The Labute approximate surface area is 326 Å². The maximum Gasteiger partial charge on any atom is 0.317 e. The standard InChI is InChI=1S/C39H55N7O10/c40-37(54)32(22-28-5-6-29-3-1-2-4-31(29)21-28)41-38(55)30-7-9-39(10-8-30)27-46(19-20-56-39)33(47)23-42-11-13-43(24-34(48)49)15-17-45(26-36(52)53)18-16-44(14-12-42)25-35(50)51/h1-6,21,30,32H,7-20,22-27H2,(H2,40,54)(H,41,55)(H,48,49)(H,50,51)(H,52,53)/t30?,32-,39?/m0/s1. The summed E-state index contributed by atoms with van der Waals surface area (Å²) in [5.74, 6) is -4.36. The molecule has 1 atom stereocenters. The Morgan fingerprint density at radius 1 is 0.714 bits per heavy atom. The summed E-state index contributed by atoms with van der Waals surface area (Å²) in [5.41, 5.74) is 6.01. The number of hydrogen-bond acceptors (Lipinski definition) is 11. The first-order valence-corrected chi connectivity index (χ1v) is 19.3. The molecule has 3 amide bonds. The molecule has 1 spiro atoms. The largest absolute Gasteiger partial charge is 0.480 e. The smallest absolute Gasteiger partial charge is 0.317 e. The fraction of sp³-hybridized carbons (Fsp3) is 0.590. The van der Waals surface area contributed by atoms with Gasteiger partial charge < -0.3 is 36.0 Å². The second-order valence-corrected chi connectivity index (χ2v) is 15.3. The molecule has 6 N–H and O–H groups in total. The van der Waals surface area contributed by atoms with Crippen molar-refractivity contribution >= 4 is 46.4 Å². The molecule has 0 aromatic heterocycles. The van der Waals surface area contributed by atoms with Crippen LogP contribution in [-0.4, -0.2) is 185 Å². The first-order chi connectivity index (χ1) is 26.8. The summed E-state index contributed by atoms with van der Waals surface area (Å²) in [4.78, 5) is 83.3. The minimum absolute atomic E-state index is 0.0415. The number of aliphatic carboxylic acids is 3. The number of rotatable bonds is 13. The molecule has 306 valence electrons. The third kappa shape index (κ3) is 12.7. The van der Waals surface area contributed by atoms with E-state index in [1.54, 1.807) is 19.6 Å². The Morgan fingerprint density at radius 2 is 1.21 bits per heavy atom. The monoisotopic (exact) mass is 781 g/mol. The van der Waals surface area contributed by atoms with Crippen molar-refractivity contribution in [2.24, 2.45) is 11.7 Å². The maximum atomic E-state index is 13.9. The number of nitrogens with zero attached hydrogens (tertiary/aromatic N) is 5. The summed E-state index contributed by atoms with van der Waals surface area (Å²) in [5, 5.41) is 33.5. The van der Waals surface area contributed by atoms with E-state index >= 15 is 0 Å². The normalized spacial score (nSPS) is 23.1. The van der Waals surface area contributed by atoms with E-state index in [0.29, 0.717) is 84.6 Å². The predicted molar refractivity (Wildman–Crippen MR) is 205 cm³/mol. The highest BCUT2D eigenvalue weighted by Gasteiger charge is 2.43. The summed E-state index contributed by atoms with van der Waals surface area (Å²) in [6.45, 7) is 2.86. The number of carboxylic acid groups (broad SMARTS) is 3. The molecular formula is C39H55N7O10. The lowest BCUT2D eigenvalue weighted by Crippen LogP contribution is -2.58. The number of carbonyl (C=O) groups excluding carboxylic acids is 3. The molecule has 3 fully saturated rings. The molecule has 2 heterocycles. The number of carbonyl (C=O) groups is 6. The van der Waals surface area contributed by atoms with Crippen LogP contribution in [0.2, 0.25) is 0 Å². The highest BCUT2D eigenvalue weighted by atomic mass is 16.5. The number of benzene rings is 2. The lowest BCUT2D eigenvalue weighted by atomic mass is 9.77. The molecule has 17 heteroatoms. The van der Waals surface area contributed by atoms with E-state index in [4.69, 9.17) is 10.5 Å². The minimum Gasteiger partial charge on any atom is -0.480 e. The molecule has 56 heavy (non-hydrogen) atoms. The van der Waals surface area contributed by atoms with E-state index in [1.807, 2.05) is 47.4 Å². The van der Waals surface area contributed by atoms with Gasteiger partial charge in [0.05, 0.1) is 38.4 Å². The zero-order valence-corrected chi connectivity index (χ0v) is 31.9. The molecule has 3 aliphatic rings. The highest BCUT2D eigenvalue weighted by molar-refractivity contribution is 5.88. The first kappa shape index (κ1) is 42.5. The topological polar surface area (TPSA) is 227 Å². The molecule has 5 rings (SSSR count). The lowest BCUT2D eigenvalue weighted by Gasteiger charge is -2.46. The van der Waals surface area contributed by atoms with Gasteiger partial charge in [-0.25, -0.2) is 0 Å². The van der Waals surface area contributed by atoms with E-state index < -0.39 is 35.5 Å². The van der Waals surface area contributed by atoms with Crippen LogP contribution in [0.3, 0.4) is 0 Å².